The van der Waals surface area contributed by atoms with Crippen molar-refractivity contribution < 1.29 is 45.0 Å². The number of carbonyl (C=O) groups excluding carboxylic acids is 1. The first-order valence-corrected chi connectivity index (χ1v) is 51.1. The largest absolute Gasteiger partial charge is 0.481 e. The fourth-order valence-electron chi connectivity index (χ4n) is 30.0. The number of nitrogens with zero attached hydrogens (tertiary/aromatic N) is 2. The van der Waals surface area contributed by atoms with Crippen LogP contribution in [-0.2, 0) is 34.0 Å². The van der Waals surface area contributed by atoms with Crippen molar-refractivity contribution in [3.05, 3.63) is 58.7 Å². The van der Waals surface area contributed by atoms with Gasteiger partial charge in [0.1, 0.15) is 13.3 Å². The van der Waals surface area contributed by atoms with Gasteiger partial charge in [-0.3, -0.25) is 9.59 Å². The zero-order chi connectivity index (χ0) is 78.3. The van der Waals surface area contributed by atoms with E-state index in [4.69, 9.17) is 4.74 Å². The lowest BCUT2D eigenvalue weighted by Gasteiger charge is -2.72. The predicted molar refractivity (Wildman–Crippen MR) is 439 cm³/mol. The normalized spacial score (nSPS) is 44.4. The molecular weight excluding hydrogens is 1410 g/mol. The summed E-state index contributed by atoms with van der Waals surface area (Å²) in [5.74, 6) is 6.99. The highest BCUT2D eigenvalue weighted by Crippen LogP contribution is 2.79. The Morgan fingerprint density at radius 2 is 0.991 bits per heavy atom. The maximum absolute atomic E-state index is 14.7. The van der Waals surface area contributed by atoms with Crippen LogP contribution in [0.2, 0.25) is 25.7 Å². The molecule has 0 spiro atoms. The summed E-state index contributed by atoms with van der Waals surface area (Å²) in [5, 5.41) is 18.3. The maximum Gasteiger partial charge on any atom is 0.315 e. The SMILES string of the molecule is C=C(C)[C@@H]1CC[C@]2(NCCN3CCS(=O)(=O)CC3)CC[C@]3(C)[C@H](CC[C@@H]4[C@@]5(C)CC=C(C6=CC[C@@](CF)(C(=O)OCC[Si](C)(C)C)CC6)C(C)(C)[C@@H]5CC[C@]43C)[C@@H]12.CC(C)[C@@H]1CC[C@]2(NCCN3CCS(=O)(=O)CC3)CC[C@]3(C)[C@H](CC[C@@H]4[C@@]5(C)CC=C(C6=CC[C@@](CF)(C(=O)O)CC6)C(C)(C)[C@@H]5CC[C@]43C)[C@@H]12. The van der Waals surface area contributed by atoms with E-state index >= 15 is 0 Å². The molecule has 12 aliphatic carbocycles. The number of carbonyl (C=O) groups is 2. The fourth-order valence-corrected chi connectivity index (χ4v) is 33.2. The van der Waals surface area contributed by atoms with Gasteiger partial charge in [0.25, 0.3) is 0 Å². The predicted octanol–water partition coefficient (Wildman–Crippen LogP) is 18.7. The number of fused-ring (bicyclic) bond motifs is 14. The number of rotatable bonds is 19. The van der Waals surface area contributed by atoms with Crippen LogP contribution < -0.4 is 10.6 Å². The quantitative estimate of drug-likeness (QED) is 0.0638. The Kier molecular flexibility index (Phi) is 22.8. The van der Waals surface area contributed by atoms with Gasteiger partial charge in [0.15, 0.2) is 19.7 Å². The molecule has 3 N–H and O–H groups in total. The number of aliphatic carboxylic acids is 1. The maximum atomic E-state index is 14.7. The second kappa shape index (κ2) is 29.6. The first kappa shape index (κ1) is 83.4. The van der Waals surface area contributed by atoms with E-state index < -0.39 is 57.9 Å². The summed E-state index contributed by atoms with van der Waals surface area (Å²) in [6.07, 6.45) is 35.0. The summed E-state index contributed by atoms with van der Waals surface area (Å²) in [6.45, 7) is 50.1. The van der Waals surface area contributed by atoms with Gasteiger partial charge in [0, 0.05) is 71.5 Å². The highest BCUT2D eigenvalue weighted by molar-refractivity contribution is 7.91. The minimum Gasteiger partial charge on any atom is -0.481 e. The van der Waals surface area contributed by atoms with Crippen LogP contribution in [0.15, 0.2) is 58.7 Å². The second-order valence-corrected chi connectivity index (χ2v) is 53.7. The molecule has 0 unspecified atom stereocenters. The third-order valence-electron chi connectivity index (χ3n) is 36.6. The van der Waals surface area contributed by atoms with E-state index in [9.17, 15) is 40.3 Å². The minimum atomic E-state index is -2.87. The van der Waals surface area contributed by atoms with Crippen molar-refractivity contribution in [2.45, 2.75) is 281 Å². The molecule has 12 nitrogen and oxygen atoms in total. The summed E-state index contributed by atoms with van der Waals surface area (Å²) >= 11 is 0. The second-order valence-electron chi connectivity index (χ2n) is 43.5. The van der Waals surface area contributed by atoms with Gasteiger partial charge in [-0.1, -0.05) is 139 Å². The van der Waals surface area contributed by atoms with Crippen LogP contribution in [0.3, 0.4) is 0 Å². The van der Waals surface area contributed by atoms with Crippen molar-refractivity contribution in [1.82, 2.24) is 20.4 Å². The first-order valence-electron chi connectivity index (χ1n) is 43.8. The third-order valence-corrected chi connectivity index (χ3v) is 41.6. The van der Waals surface area contributed by atoms with Gasteiger partial charge >= 0.3 is 11.9 Å². The minimum absolute atomic E-state index is 0.00473. The van der Waals surface area contributed by atoms with Crippen LogP contribution in [0.25, 0.3) is 0 Å². The van der Waals surface area contributed by atoms with Crippen molar-refractivity contribution in [2.75, 3.05) is 95.3 Å². The molecule has 20 atom stereocenters. The van der Waals surface area contributed by atoms with Crippen LogP contribution in [0, 0.1) is 119 Å². The van der Waals surface area contributed by atoms with Gasteiger partial charge in [0.05, 0.1) is 40.4 Å². The number of carboxylic acid groups (broad SMARTS) is 1. The number of sulfone groups is 2. The average Bonchev–Trinajstić information content (AvgIpc) is 1.10. The Balaban J connectivity index is 0.000000192. The average molecular weight is 1560 g/mol. The van der Waals surface area contributed by atoms with Gasteiger partial charge in [-0.15, -0.1) is 0 Å². The standard InChI is InChI=1S/C48H79FN2O4SSi.C43H69FN2O4S/c1-34(2)36-15-22-48(50-25-26-51-27-30-56(53,54)31-28-51)24-23-45(6)38(41(36)48)11-12-40-44(5)18-16-37(43(3,4)39(44)17-19-46(40,45)7)35-13-20-47(33-49,21-14-35)42(52)55-29-32-57(8,9)10;1-29(2)31-12-19-43(45-22-23-46-24-26-51(49,50)27-25-46)21-20-40(6)33(36(31)43)8-9-35-39(5)15-13-32(38(3,4)34(39)14-16-41(35,40)7)30-10-17-42(28-44,18-11-30)37(47)48/h13,16,36,38-41,50H,1,11-12,14-15,17-33H2,2-10H3;10,13,29,31,33-36,45H,8-9,11-12,14-28H2,1-7H3,(H,47,48)/t36-,38+,39-,40+,41+,44-,45+,46+,47+,48-;31-,33+,34-,35+,36+,39-,40+,41+,42+,43-/m00/s1. The molecule has 108 heavy (non-hydrogen) atoms. The molecule has 14 aliphatic rings. The van der Waals surface area contributed by atoms with Crippen LogP contribution in [0.1, 0.15) is 244 Å². The number of halogens is 2. The van der Waals surface area contributed by atoms with E-state index in [0.717, 1.165) is 63.3 Å². The van der Waals surface area contributed by atoms with Gasteiger partial charge in [-0.2, -0.15) is 0 Å². The van der Waals surface area contributed by atoms with E-state index in [1.54, 1.807) is 0 Å². The highest BCUT2D eigenvalue weighted by Gasteiger charge is 2.73. The Morgan fingerprint density at radius 1 is 0.556 bits per heavy atom. The van der Waals surface area contributed by atoms with Crippen molar-refractivity contribution in [1.29, 1.82) is 0 Å². The Hall–Kier alpha value is -2.54. The number of alkyl halides is 2. The molecule has 610 valence electrons. The number of esters is 1. The highest BCUT2D eigenvalue weighted by atomic mass is 32.2. The summed E-state index contributed by atoms with van der Waals surface area (Å²) in [5.41, 5.74) is 6.45. The zero-order valence-electron chi connectivity index (χ0n) is 70.4. The molecule has 0 aromatic heterocycles. The molecule has 14 rings (SSSR count). The number of hydrogen-bond donors (Lipinski definition) is 3. The lowest BCUT2D eigenvalue weighted by molar-refractivity contribution is -0.223. The zero-order valence-corrected chi connectivity index (χ0v) is 73.1. The van der Waals surface area contributed by atoms with E-state index in [1.165, 1.54) is 131 Å². The smallest absolute Gasteiger partial charge is 0.315 e. The molecule has 8 saturated carbocycles. The van der Waals surface area contributed by atoms with E-state index in [0.29, 0.717) is 147 Å². The Labute approximate surface area is 655 Å². The van der Waals surface area contributed by atoms with E-state index in [-0.39, 0.29) is 55.0 Å². The molecule has 0 radical (unpaired) electrons. The summed E-state index contributed by atoms with van der Waals surface area (Å²) in [7, 11) is -7.08. The molecule has 0 aromatic rings. The Morgan fingerprint density at radius 3 is 1.40 bits per heavy atom. The van der Waals surface area contributed by atoms with Gasteiger partial charge in [-0.25, -0.2) is 25.6 Å². The molecule has 2 saturated heterocycles. The van der Waals surface area contributed by atoms with Crippen molar-refractivity contribution in [3.8, 4) is 0 Å². The summed E-state index contributed by atoms with van der Waals surface area (Å²) in [4.78, 5) is 30.0. The van der Waals surface area contributed by atoms with E-state index in [1.807, 2.05) is 0 Å². The van der Waals surface area contributed by atoms with Crippen molar-refractivity contribution in [2.24, 2.45) is 119 Å². The van der Waals surface area contributed by atoms with Crippen LogP contribution in [-0.4, -0.2) is 158 Å². The topological polar surface area (TPSA) is 162 Å². The summed E-state index contributed by atoms with van der Waals surface area (Å²) < 4.78 is 82.7. The lowest BCUT2D eigenvalue weighted by Crippen LogP contribution is -2.68. The Bertz CT molecular complexity index is 3760. The van der Waals surface area contributed by atoms with Gasteiger partial charge in [0.2, 0.25) is 0 Å². The number of ether oxygens (including phenoxy) is 1. The molecular formula is C91H148F2N4O8S2Si. The molecule has 0 amide bonds. The monoisotopic (exact) mass is 1560 g/mol. The molecule has 0 aromatic carbocycles. The molecule has 10 fully saturated rings. The van der Waals surface area contributed by atoms with Crippen LogP contribution in [0.5, 0.6) is 0 Å². The molecule has 0 bridgehead atoms. The molecule has 2 heterocycles. The molecule has 17 heteroatoms. The molecule has 2 aliphatic heterocycles. The number of hydrogen-bond acceptors (Lipinski definition) is 11. The van der Waals surface area contributed by atoms with Crippen molar-refractivity contribution in [3.63, 3.8) is 0 Å². The van der Waals surface area contributed by atoms with E-state index in [2.05, 4.69) is 161 Å². The lowest BCUT2D eigenvalue weighted by atomic mass is 9.32. The summed E-state index contributed by atoms with van der Waals surface area (Å²) in [6, 6.07) is 0.911. The first-order chi connectivity index (χ1) is 50.4. The van der Waals surface area contributed by atoms with Gasteiger partial charge < -0.3 is 30.3 Å². The fraction of sp³-hybridized carbons (Fsp3) is 0.868. The number of allylic oxidation sites excluding steroid dienone is 9. The van der Waals surface area contributed by atoms with Crippen molar-refractivity contribution >= 4 is 39.7 Å². The number of carboxylic acids is 1. The van der Waals surface area contributed by atoms with Crippen LogP contribution in [0.4, 0.5) is 8.78 Å². The number of nitrogens with one attached hydrogen (secondary N) is 2. The van der Waals surface area contributed by atoms with Gasteiger partial charge in [-0.05, 0) is 298 Å². The van der Waals surface area contributed by atoms with Crippen LogP contribution >= 0.6 is 0 Å². The third kappa shape index (κ3) is 14.0.